The van der Waals surface area contributed by atoms with Crippen molar-refractivity contribution in [3.05, 3.63) is 35.4 Å². The van der Waals surface area contributed by atoms with E-state index in [1.165, 1.54) is 11.1 Å². The van der Waals surface area contributed by atoms with Crippen molar-refractivity contribution in [2.75, 3.05) is 19.6 Å². The molecular weight excluding hydrogens is 236 g/mol. The number of aryl methyl sites for hydroxylation is 1. The second kappa shape index (κ2) is 6.71. The van der Waals surface area contributed by atoms with Crippen LogP contribution in [0.4, 0.5) is 0 Å². The highest BCUT2D eigenvalue weighted by Crippen LogP contribution is 2.19. The molecule has 0 saturated carbocycles. The number of nitrogens with zero attached hydrogens (tertiary/aromatic N) is 1. The number of nitrogens with one attached hydrogen (secondary N) is 1. The topological polar surface area (TPSA) is 32.3 Å². The van der Waals surface area contributed by atoms with Crippen LogP contribution in [-0.2, 0) is 11.3 Å². The van der Waals surface area contributed by atoms with Crippen LogP contribution in [0.5, 0.6) is 0 Å². The number of benzene rings is 1. The van der Waals surface area contributed by atoms with Crippen LogP contribution >= 0.6 is 0 Å². The lowest BCUT2D eigenvalue weighted by molar-refractivity contribution is -0.126. The number of rotatable bonds is 4. The van der Waals surface area contributed by atoms with Gasteiger partial charge in [0.1, 0.15) is 0 Å². The molecule has 3 nitrogen and oxygen atoms in total. The van der Waals surface area contributed by atoms with E-state index in [2.05, 4.69) is 41.4 Å². The lowest BCUT2D eigenvalue weighted by Gasteiger charge is -2.31. The summed E-state index contributed by atoms with van der Waals surface area (Å²) in [6.07, 6.45) is 1.97. The zero-order chi connectivity index (χ0) is 13.7. The molecule has 1 amide bonds. The van der Waals surface area contributed by atoms with Crippen LogP contribution in [0.15, 0.2) is 24.3 Å². The summed E-state index contributed by atoms with van der Waals surface area (Å²) in [6, 6.07) is 8.68. The lowest BCUT2D eigenvalue weighted by Crippen LogP contribution is -2.40. The third kappa shape index (κ3) is 4.06. The first kappa shape index (κ1) is 14.1. The SMILES string of the molecule is CCNC(=O)C1CCN(Cc2cccc(C)c2)CC1. The van der Waals surface area contributed by atoms with E-state index in [0.717, 1.165) is 39.0 Å². The van der Waals surface area contributed by atoms with Crippen molar-refractivity contribution >= 4 is 5.91 Å². The number of likely N-dealkylation sites (tertiary alicyclic amines) is 1. The summed E-state index contributed by atoms with van der Waals surface area (Å²) in [6.45, 7) is 7.90. The first-order valence-corrected chi connectivity index (χ1v) is 7.24. The van der Waals surface area contributed by atoms with Crippen LogP contribution in [-0.4, -0.2) is 30.4 Å². The maximum atomic E-state index is 11.8. The molecule has 0 atom stereocenters. The smallest absolute Gasteiger partial charge is 0.223 e. The molecule has 0 bridgehead atoms. The number of amides is 1. The summed E-state index contributed by atoms with van der Waals surface area (Å²) in [5.41, 5.74) is 2.69. The van der Waals surface area contributed by atoms with Gasteiger partial charge in [0.25, 0.3) is 0 Å². The first-order valence-electron chi connectivity index (χ1n) is 7.24. The molecule has 0 radical (unpaired) electrons. The van der Waals surface area contributed by atoms with Gasteiger partial charge < -0.3 is 5.32 Å². The maximum absolute atomic E-state index is 11.8. The fourth-order valence-electron chi connectivity index (χ4n) is 2.74. The Morgan fingerprint density at radius 1 is 1.37 bits per heavy atom. The Hall–Kier alpha value is -1.35. The Bertz CT molecular complexity index is 423. The minimum atomic E-state index is 0.216. The standard InChI is InChI=1S/C16H24N2O/c1-3-17-16(19)15-7-9-18(10-8-15)12-14-6-4-5-13(2)11-14/h4-6,11,15H,3,7-10,12H2,1-2H3,(H,17,19). The first-order chi connectivity index (χ1) is 9.19. The molecule has 1 N–H and O–H groups in total. The molecule has 1 aromatic carbocycles. The van der Waals surface area contributed by atoms with Gasteiger partial charge in [-0.1, -0.05) is 29.8 Å². The average molecular weight is 260 g/mol. The molecule has 19 heavy (non-hydrogen) atoms. The predicted molar refractivity (Wildman–Crippen MR) is 77.9 cm³/mol. The summed E-state index contributed by atoms with van der Waals surface area (Å²) >= 11 is 0. The Morgan fingerprint density at radius 2 is 2.11 bits per heavy atom. The highest BCUT2D eigenvalue weighted by molar-refractivity contribution is 5.78. The summed E-state index contributed by atoms with van der Waals surface area (Å²) < 4.78 is 0. The zero-order valence-corrected chi connectivity index (χ0v) is 12.0. The monoisotopic (exact) mass is 260 g/mol. The second-order valence-corrected chi connectivity index (χ2v) is 5.43. The molecule has 0 unspecified atom stereocenters. The molecular formula is C16H24N2O. The normalized spacial score (nSPS) is 17.4. The van der Waals surface area contributed by atoms with Crippen molar-refractivity contribution in [1.82, 2.24) is 10.2 Å². The average Bonchev–Trinajstić information content (AvgIpc) is 2.40. The van der Waals surface area contributed by atoms with E-state index < -0.39 is 0 Å². The quantitative estimate of drug-likeness (QED) is 0.901. The van der Waals surface area contributed by atoms with E-state index in [4.69, 9.17) is 0 Å². The van der Waals surface area contributed by atoms with E-state index in [-0.39, 0.29) is 11.8 Å². The largest absolute Gasteiger partial charge is 0.356 e. The van der Waals surface area contributed by atoms with Gasteiger partial charge in [0.15, 0.2) is 0 Å². The molecule has 1 aliphatic heterocycles. The van der Waals surface area contributed by atoms with E-state index >= 15 is 0 Å². The number of carbonyl (C=O) groups is 1. The van der Waals surface area contributed by atoms with Crippen molar-refractivity contribution in [2.45, 2.75) is 33.2 Å². The number of carbonyl (C=O) groups excluding carboxylic acids is 1. The molecule has 0 spiro atoms. The van der Waals surface area contributed by atoms with Gasteiger partial charge in [-0.25, -0.2) is 0 Å². The second-order valence-electron chi connectivity index (χ2n) is 5.43. The number of piperidine rings is 1. The van der Waals surface area contributed by atoms with Gasteiger partial charge in [0.05, 0.1) is 0 Å². The zero-order valence-electron chi connectivity index (χ0n) is 12.0. The van der Waals surface area contributed by atoms with Gasteiger partial charge in [0, 0.05) is 19.0 Å². The van der Waals surface area contributed by atoms with Crippen LogP contribution < -0.4 is 5.32 Å². The third-order valence-electron chi connectivity index (χ3n) is 3.80. The Morgan fingerprint density at radius 3 is 2.74 bits per heavy atom. The van der Waals surface area contributed by atoms with Gasteiger partial charge in [-0.05, 0) is 45.3 Å². The summed E-state index contributed by atoms with van der Waals surface area (Å²) in [7, 11) is 0. The van der Waals surface area contributed by atoms with Gasteiger partial charge in [-0.15, -0.1) is 0 Å². The van der Waals surface area contributed by atoms with Crippen LogP contribution in [0.25, 0.3) is 0 Å². The van der Waals surface area contributed by atoms with Gasteiger partial charge in [0.2, 0.25) is 5.91 Å². The number of hydrogen-bond donors (Lipinski definition) is 1. The van der Waals surface area contributed by atoms with Crippen molar-refractivity contribution in [1.29, 1.82) is 0 Å². The minimum absolute atomic E-state index is 0.216. The fourth-order valence-corrected chi connectivity index (χ4v) is 2.74. The van der Waals surface area contributed by atoms with Gasteiger partial charge >= 0.3 is 0 Å². The summed E-state index contributed by atoms with van der Waals surface area (Å²) in [5, 5.41) is 2.93. The summed E-state index contributed by atoms with van der Waals surface area (Å²) in [4.78, 5) is 14.2. The molecule has 1 aliphatic rings. The van der Waals surface area contributed by atoms with E-state index in [9.17, 15) is 4.79 Å². The fraction of sp³-hybridized carbons (Fsp3) is 0.562. The summed E-state index contributed by atoms with van der Waals surface area (Å²) in [5.74, 6) is 0.450. The molecule has 0 aromatic heterocycles. The van der Waals surface area contributed by atoms with Gasteiger partial charge in [-0.2, -0.15) is 0 Å². The highest BCUT2D eigenvalue weighted by atomic mass is 16.1. The molecule has 0 aliphatic carbocycles. The van der Waals surface area contributed by atoms with Crippen molar-refractivity contribution in [3.63, 3.8) is 0 Å². The molecule has 1 fully saturated rings. The molecule has 1 heterocycles. The molecule has 1 aromatic rings. The van der Waals surface area contributed by atoms with Crippen LogP contribution in [0.3, 0.4) is 0 Å². The number of hydrogen-bond acceptors (Lipinski definition) is 2. The molecule has 2 rings (SSSR count). The van der Waals surface area contributed by atoms with Crippen molar-refractivity contribution < 1.29 is 4.79 Å². The Labute approximate surface area is 116 Å². The highest BCUT2D eigenvalue weighted by Gasteiger charge is 2.24. The third-order valence-corrected chi connectivity index (χ3v) is 3.80. The Kier molecular flexibility index (Phi) is 4.97. The van der Waals surface area contributed by atoms with Gasteiger partial charge in [-0.3, -0.25) is 9.69 Å². The van der Waals surface area contributed by atoms with Crippen LogP contribution in [0.2, 0.25) is 0 Å². The minimum Gasteiger partial charge on any atom is -0.356 e. The Balaban J connectivity index is 1.82. The predicted octanol–water partition coefficient (Wildman–Crippen LogP) is 2.34. The molecule has 1 saturated heterocycles. The van der Waals surface area contributed by atoms with E-state index in [1.54, 1.807) is 0 Å². The van der Waals surface area contributed by atoms with Crippen LogP contribution in [0, 0.1) is 12.8 Å². The van der Waals surface area contributed by atoms with E-state index in [1.807, 2.05) is 6.92 Å². The van der Waals surface area contributed by atoms with Crippen LogP contribution in [0.1, 0.15) is 30.9 Å². The molecule has 104 valence electrons. The van der Waals surface area contributed by atoms with Crippen molar-refractivity contribution in [2.24, 2.45) is 5.92 Å². The maximum Gasteiger partial charge on any atom is 0.223 e. The van der Waals surface area contributed by atoms with Crippen molar-refractivity contribution in [3.8, 4) is 0 Å². The lowest BCUT2D eigenvalue weighted by atomic mass is 9.95. The molecule has 3 heteroatoms. The van der Waals surface area contributed by atoms with E-state index in [0.29, 0.717) is 0 Å².